The highest BCUT2D eigenvalue weighted by molar-refractivity contribution is 14.2. The average Bonchev–Trinajstić information content (AvgIpc) is 3.35. The van der Waals surface area contributed by atoms with Gasteiger partial charge in [-0.3, -0.25) is 9.59 Å². The number of carbonyl (C=O) groups is 4. The number of imide groups is 1. The third kappa shape index (κ3) is 5.21. The molecule has 1 fully saturated rings. The molecule has 170 valence electrons. The Morgan fingerprint density at radius 1 is 1.31 bits per heavy atom. The number of rotatable bonds is 8. The number of halogens is 1. The molecule has 11 heteroatoms. The van der Waals surface area contributed by atoms with Gasteiger partial charge in [-0.15, -0.1) is 11.3 Å². The molecule has 1 aromatic heterocycles. The highest BCUT2D eigenvalue weighted by Gasteiger charge is 2.45. The molecular weight excluding hydrogens is 547 g/mol. The predicted octanol–water partition coefficient (Wildman–Crippen LogP) is 3.15. The Hall–Kier alpha value is -2.67. The maximum absolute atomic E-state index is 13.2. The quantitative estimate of drug-likeness (QED) is 0.286. The van der Waals surface area contributed by atoms with Crippen molar-refractivity contribution >= 4 is 65.5 Å². The molecule has 32 heavy (non-hydrogen) atoms. The van der Waals surface area contributed by atoms with Gasteiger partial charge >= 0.3 is 12.0 Å². The lowest BCUT2D eigenvalue weighted by molar-refractivity contribution is -0.134. The number of aromatic nitrogens is 1. The van der Waals surface area contributed by atoms with Crippen molar-refractivity contribution in [2.45, 2.75) is 32.4 Å². The molecule has 0 bridgehead atoms. The Labute approximate surface area is 199 Å². The van der Waals surface area contributed by atoms with Crippen molar-refractivity contribution in [3.8, 4) is 0 Å². The van der Waals surface area contributed by atoms with Crippen LogP contribution in [0.4, 0.5) is 9.93 Å². The minimum atomic E-state index is -1.03. The summed E-state index contributed by atoms with van der Waals surface area (Å²) >= 11 is 0.728. The molecule has 1 saturated heterocycles. The Kier molecular flexibility index (Phi) is 7.72. The third-order valence-electron chi connectivity index (χ3n) is 4.77. The van der Waals surface area contributed by atoms with E-state index in [1.165, 1.54) is 12.5 Å². The van der Waals surface area contributed by atoms with Gasteiger partial charge < -0.3 is 15.4 Å². The van der Waals surface area contributed by atoms with Crippen molar-refractivity contribution in [3.63, 3.8) is 0 Å². The Morgan fingerprint density at radius 2 is 2.00 bits per heavy atom. The van der Waals surface area contributed by atoms with Crippen LogP contribution in [0.1, 0.15) is 42.4 Å². The van der Waals surface area contributed by atoms with Crippen LogP contribution < -0.4 is 10.6 Å². The Bertz CT molecular complexity index is 1050. The molecule has 9 nitrogen and oxygen atoms in total. The van der Waals surface area contributed by atoms with E-state index in [0.29, 0.717) is 5.56 Å². The molecule has 1 unspecified atom stereocenters. The number of carbonyl (C=O) groups excluding carboxylic acids is 4. The Balaban J connectivity index is 1.82. The lowest BCUT2D eigenvalue weighted by atomic mass is 10.0. The summed E-state index contributed by atoms with van der Waals surface area (Å²) in [5, 5.41) is 6.94. The number of benzene rings is 1. The van der Waals surface area contributed by atoms with Crippen LogP contribution >= 0.6 is 32.1 Å². The van der Waals surface area contributed by atoms with Crippen LogP contribution in [-0.4, -0.2) is 51.4 Å². The minimum absolute atomic E-state index is 0.0348. The molecule has 2 aromatic rings. The van der Waals surface area contributed by atoms with Gasteiger partial charge in [-0.1, -0.05) is 51.2 Å². The van der Waals surface area contributed by atoms with Crippen molar-refractivity contribution < 1.29 is 23.9 Å². The standard InChI is InChI=1S/C21H23IN4O5S/c1-11(2)9-15(17(27)25-20-23-14(10-32-20)19(29)31-4)26-18(28)16(24-21(26)30)12-5-7-13(22-3)8-6-12/h5-8,10-11,15-16H,3,9H2,1-2,4H3,(H,24,30)(H,23,25,27)/t15-,16?/m0/s1. The number of urea groups is 1. The molecule has 0 aliphatic carbocycles. The van der Waals surface area contributed by atoms with Gasteiger partial charge in [0, 0.05) is 8.95 Å². The molecule has 2 atom stereocenters. The van der Waals surface area contributed by atoms with Gasteiger partial charge in [0.25, 0.3) is 5.91 Å². The number of esters is 1. The summed E-state index contributed by atoms with van der Waals surface area (Å²) in [4.78, 5) is 55.6. The van der Waals surface area contributed by atoms with Crippen LogP contribution in [0, 0.1) is 9.49 Å². The van der Waals surface area contributed by atoms with E-state index in [4.69, 9.17) is 0 Å². The van der Waals surface area contributed by atoms with Crippen LogP contribution in [-0.2, 0) is 14.3 Å². The zero-order valence-corrected chi connectivity index (χ0v) is 20.7. The first-order valence-corrected chi connectivity index (χ1v) is 13.2. The zero-order chi connectivity index (χ0) is 23.4. The second kappa shape index (κ2) is 10.3. The van der Waals surface area contributed by atoms with Gasteiger partial charge in [0.15, 0.2) is 10.8 Å². The fourth-order valence-corrected chi connectivity index (χ4v) is 4.80. The van der Waals surface area contributed by atoms with Gasteiger partial charge in [-0.25, -0.2) is 19.5 Å². The van der Waals surface area contributed by atoms with E-state index in [1.54, 1.807) is 12.1 Å². The first-order valence-electron chi connectivity index (χ1n) is 9.71. The lowest BCUT2D eigenvalue weighted by Crippen LogP contribution is -2.48. The summed E-state index contributed by atoms with van der Waals surface area (Å²) in [6, 6.07) is 4.90. The molecular formula is C21H23IN4O5S. The summed E-state index contributed by atoms with van der Waals surface area (Å²) in [6.45, 7) is 3.80. The number of amides is 4. The maximum Gasteiger partial charge on any atom is 0.357 e. The monoisotopic (exact) mass is 570 g/mol. The maximum atomic E-state index is 13.2. The molecule has 1 aliphatic heterocycles. The number of hydrogen-bond acceptors (Lipinski definition) is 7. The van der Waals surface area contributed by atoms with Crippen LogP contribution in [0.2, 0.25) is 0 Å². The van der Waals surface area contributed by atoms with Gasteiger partial charge in [-0.2, -0.15) is 0 Å². The second-order valence-electron chi connectivity index (χ2n) is 7.44. The molecule has 0 radical (unpaired) electrons. The average molecular weight is 570 g/mol. The van der Waals surface area contributed by atoms with E-state index in [2.05, 4.69) is 24.9 Å². The second-order valence-corrected chi connectivity index (χ2v) is 10.3. The number of nitrogens with zero attached hydrogens (tertiary/aromatic N) is 2. The van der Waals surface area contributed by atoms with Gasteiger partial charge in [0.1, 0.15) is 12.1 Å². The number of anilines is 1. The van der Waals surface area contributed by atoms with E-state index in [-0.39, 0.29) is 43.9 Å². The fraction of sp³-hybridized carbons (Fsp3) is 0.333. The summed E-state index contributed by atoms with van der Waals surface area (Å²) in [7, 11) is 1.24. The van der Waals surface area contributed by atoms with E-state index in [0.717, 1.165) is 19.8 Å². The van der Waals surface area contributed by atoms with Crippen LogP contribution in [0.15, 0.2) is 29.6 Å². The van der Waals surface area contributed by atoms with E-state index in [9.17, 15) is 19.2 Å². The van der Waals surface area contributed by atoms with Crippen molar-refractivity contribution in [2.24, 2.45) is 5.92 Å². The molecule has 0 saturated carbocycles. The van der Waals surface area contributed by atoms with Gasteiger partial charge in [-0.05, 0) is 30.0 Å². The molecule has 2 N–H and O–H groups in total. The predicted molar refractivity (Wildman–Crippen MR) is 130 cm³/mol. The molecule has 1 aromatic carbocycles. The molecule has 3 rings (SSSR count). The molecule has 2 heterocycles. The third-order valence-corrected chi connectivity index (χ3v) is 7.12. The van der Waals surface area contributed by atoms with Crippen molar-refractivity contribution in [1.29, 1.82) is 0 Å². The van der Waals surface area contributed by atoms with Gasteiger partial charge in [0.2, 0.25) is 5.91 Å². The molecule has 1 aliphatic rings. The zero-order valence-electron chi connectivity index (χ0n) is 17.8. The van der Waals surface area contributed by atoms with Crippen molar-refractivity contribution in [2.75, 3.05) is 12.4 Å². The number of ether oxygens (including phenoxy) is 1. The number of hydrogen-bond donors (Lipinski definition) is 2. The topological polar surface area (TPSA) is 118 Å². The van der Waals surface area contributed by atoms with Gasteiger partial charge in [0.05, 0.1) is 7.11 Å². The molecule has 0 spiro atoms. The van der Waals surface area contributed by atoms with Crippen molar-refractivity contribution in [3.05, 3.63) is 44.5 Å². The summed E-state index contributed by atoms with van der Waals surface area (Å²) in [5.74, 6) is -1.62. The number of nitrogens with one attached hydrogen (secondary N) is 2. The summed E-state index contributed by atoms with van der Waals surface area (Å²) in [6.07, 6.45) is 0.276. The first-order chi connectivity index (χ1) is 15.2. The largest absolute Gasteiger partial charge is 0.464 e. The minimum Gasteiger partial charge on any atom is -0.464 e. The summed E-state index contributed by atoms with van der Waals surface area (Å²) < 4.78 is 9.67. The first kappa shape index (κ1) is 24.0. The van der Waals surface area contributed by atoms with E-state index in [1.807, 2.05) is 26.0 Å². The smallest absolute Gasteiger partial charge is 0.357 e. The normalized spacial score (nSPS) is 16.8. The van der Waals surface area contributed by atoms with E-state index >= 15 is 0 Å². The Morgan fingerprint density at radius 3 is 2.59 bits per heavy atom. The highest BCUT2D eigenvalue weighted by Crippen LogP contribution is 2.27. The van der Waals surface area contributed by atoms with Crippen LogP contribution in [0.25, 0.3) is 0 Å². The van der Waals surface area contributed by atoms with Crippen molar-refractivity contribution in [1.82, 2.24) is 15.2 Å². The highest BCUT2D eigenvalue weighted by atomic mass is 127. The SMILES string of the molecule is C=Ic1ccc(C2NC(=O)N([C@@H](CC(C)C)C(=O)Nc3nc(C(=O)OC)cs3)C2=O)cc1. The lowest BCUT2D eigenvalue weighted by Gasteiger charge is -2.25. The number of methoxy groups -OCH3 is 1. The fourth-order valence-electron chi connectivity index (χ4n) is 3.25. The van der Waals surface area contributed by atoms with E-state index < -0.39 is 35.9 Å². The van der Waals surface area contributed by atoms with Crippen LogP contribution in [0.3, 0.4) is 0 Å². The summed E-state index contributed by atoms with van der Waals surface area (Å²) in [5.41, 5.74) is 0.717. The van der Waals surface area contributed by atoms with Crippen LogP contribution in [0.5, 0.6) is 0 Å². The molecule has 4 amide bonds. The number of thiazole rings is 1.